The maximum absolute atomic E-state index is 9.03. The number of phenolic OH excluding ortho intramolecular Hbond substituents is 2. The van der Waals surface area contributed by atoms with Crippen molar-refractivity contribution >= 4 is 11.9 Å². The van der Waals surface area contributed by atoms with E-state index in [4.69, 9.17) is 30.0 Å². The Labute approximate surface area is 200 Å². The van der Waals surface area contributed by atoms with Crippen LogP contribution in [0.15, 0.2) is 86.0 Å². The van der Waals surface area contributed by atoms with E-state index >= 15 is 0 Å². The molecular weight excluding hydrogens is 480 g/mol. The van der Waals surface area contributed by atoms with Gasteiger partial charge in [0.2, 0.25) is 0 Å². The first-order valence-electron chi connectivity index (χ1n) is 9.09. The minimum absolute atomic E-state index is 0. The average Bonchev–Trinajstić information content (AvgIpc) is 3.43. The van der Waals surface area contributed by atoms with Crippen LogP contribution >= 0.6 is 0 Å². The largest absolute Gasteiger partial charge is 2.00 e. The Morgan fingerprint density at radius 1 is 0.697 bits per heavy atom. The van der Waals surface area contributed by atoms with Crippen molar-refractivity contribution in [2.45, 2.75) is 13.8 Å². The summed E-state index contributed by atoms with van der Waals surface area (Å²) in [4.78, 5) is 25.6. The van der Waals surface area contributed by atoms with E-state index in [0.29, 0.717) is 0 Å². The molecule has 0 amide bonds. The molecule has 0 saturated heterocycles. The number of imidazole rings is 2. The van der Waals surface area contributed by atoms with Gasteiger partial charge in [-0.15, -0.1) is 0 Å². The van der Waals surface area contributed by atoms with Gasteiger partial charge in [-0.25, -0.2) is 9.97 Å². The summed E-state index contributed by atoms with van der Waals surface area (Å²) in [6.07, 6.45) is 10.6. The molecule has 0 bridgehead atoms. The number of aromatic nitrogens is 4. The molecule has 10 nitrogen and oxygen atoms in total. The SMILES string of the molecule is CC(=O)[O-].CC(=O)[O-].Oc1ccc(-n2ccnc2)cc1.Oc1ccc(-n2ccnc2)cc1.[Cu+2]. The number of hydrogen-bond acceptors (Lipinski definition) is 8. The van der Waals surface area contributed by atoms with Gasteiger partial charge in [0.15, 0.2) is 0 Å². The summed E-state index contributed by atoms with van der Waals surface area (Å²) in [5, 5.41) is 35.8. The van der Waals surface area contributed by atoms with Gasteiger partial charge < -0.3 is 39.1 Å². The number of aromatic hydroxyl groups is 2. The number of benzene rings is 2. The molecular formula is C22H22CuN4O6. The van der Waals surface area contributed by atoms with Gasteiger partial charge in [0, 0.05) is 48.1 Å². The zero-order valence-electron chi connectivity index (χ0n) is 17.7. The monoisotopic (exact) mass is 501 g/mol. The third-order valence-corrected chi connectivity index (χ3v) is 3.30. The first kappa shape index (κ1) is 28.9. The van der Waals surface area contributed by atoms with Crippen molar-refractivity contribution in [1.29, 1.82) is 0 Å². The van der Waals surface area contributed by atoms with Gasteiger partial charge in [-0.2, -0.15) is 0 Å². The van der Waals surface area contributed by atoms with Crippen molar-refractivity contribution in [3.8, 4) is 22.9 Å². The van der Waals surface area contributed by atoms with E-state index in [2.05, 4.69) is 9.97 Å². The fourth-order valence-electron chi connectivity index (χ4n) is 2.07. The number of nitrogens with zero attached hydrogens (tertiary/aromatic N) is 4. The molecule has 2 N–H and O–H groups in total. The van der Waals surface area contributed by atoms with E-state index in [9.17, 15) is 0 Å². The summed E-state index contributed by atoms with van der Waals surface area (Å²) in [6, 6.07) is 13.9. The van der Waals surface area contributed by atoms with E-state index in [1.807, 2.05) is 45.8 Å². The minimum Gasteiger partial charge on any atom is -0.550 e. The molecule has 0 aliphatic heterocycles. The number of carbonyl (C=O) groups is 2. The number of aliphatic carboxylic acids is 2. The first-order chi connectivity index (χ1) is 15.2. The van der Waals surface area contributed by atoms with E-state index < -0.39 is 11.9 Å². The smallest absolute Gasteiger partial charge is 0.550 e. The molecule has 0 spiro atoms. The fourth-order valence-corrected chi connectivity index (χ4v) is 2.07. The van der Waals surface area contributed by atoms with Crippen LogP contribution in [0.3, 0.4) is 0 Å². The van der Waals surface area contributed by atoms with Crippen molar-refractivity contribution in [2.75, 3.05) is 0 Å². The van der Waals surface area contributed by atoms with Crippen LogP contribution < -0.4 is 10.2 Å². The van der Waals surface area contributed by atoms with Gasteiger partial charge in [-0.05, 0) is 62.4 Å². The number of carboxylic acid groups (broad SMARTS) is 2. The Bertz CT molecular complexity index is 956. The maximum atomic E-state index is 9.03. The Hall–Kier alpha value is -4.08. The first-order valence-corrected chi connectivity index (χ1v) is 9.09. The molecule has 33 heavy (non-hydrogen) atoms. The third kappa shape index (κ3) is 13.0. The minimum atomic E-state index is -1.08. The van der Waals surface area contributed by atoms with E-state index in [1.165, 1.54) is 0 Å². The molecule has 2 aromatic carbocycles. The van der Waals surface area contributed by atoms with Gasteiger partial charge in [0.1, 0.15) is 11.5 Å². The summed E-state index contributed by atoms with van der Waals surface area (Å²) in [5.74, 6) is -1.61. The zero-order valence-corrected chi connectivity index (χ0v) is 18.6. The van der Waals surface area contributed by atoms with Crippen LogP contribution in [0.1, 0.15) is 13.8 Å². The molecule has 0 saturated carbocycles. The van der Waals surface area contributed by atoms with Crippen molar-refractivity contribution < 1.29 is 47.1 Å². The molecule has 11 heteroatoms. The average molecular weight is 502 g/mol. The molecule has 2 aromatic heterocycles. The van der Waals surface area contributed by atoms with E-state index in [0.717, 1.165) is 25.2 Å². The number of carbonyl (C=O) groups excluding carboxylic acids is 2. The third-order valence-electron chi connectivity index (χ3n) is 3.30. The summed E-state index contributed by atoms with van der Waals surface area (Å²) >= 11 is 0. The maximum Gasteiger partial charge on any atom is 2.00 e. The van der Waals surface area contributed by atoms with Crippen LogP contribution in [0.4, 0.5) is 0 Å². The molecule has 0 unspecified atom stereocenters. The van der Waals surface area contributed by atoms with Gasteiger partial charge >= 0.3 is 17.1 Å². The number of carboxylic acids is 2. The summed E-state index contributed by atoms with van der Waals surface area (Å²) in [6.45, 7) is 1.94. The summed E-state index contributed by atoms with van der Waals surface area (Å²) in [5.41, 5.74) is 1.98. The zero-order chi connectivity index (χ0) is 23.9. The number of phenols is 2. The van der Waals surface area contributed by atoms with Crippen LogP contribution in [0.2, 0.25) is 0 Å². The van der Waals surface area contributed by atoms with Gasteiger partial charge in [0.25, 0.3) is 0 Å². The van der Waals surface area contributed by atoms with E-state index in [-0.39, 0.29) is 28.6 Å². The van der Waals surface area contributed by atoms with Crippen LogP contribution in [0, 0.1) is 0 Å². The molecule has 0 aliphatic carbocycles. The Kier molecular flexibility index (Phi) is 13.7. The predicted octanol–water partition coefficient (Wildman–Crippen LogP) is 0.666. The number of rotatable bonds is 2. The quantitative estimate of drug-likeness (QED) is 0.379. The van der Waals surface area contributed by atoms with Crippen LogP contribution in [-0.4, -0.2) is 41.3 Å². The fraction of sp³-hybridized carbons (Fsp3) is 0.0909. The second-order valence-electron chi connectivity index (χ2n) is 5.96. The topological polar surface area (TPSA) is 156 Å². The molecule has 4 rings (SSSR count). The van der Waals surface area contributed by atoms with E-state index in [1.54, 1.807) is 49.3 Å². The molecule has 1 radical (unpaired) electrons. The molecule has 0 atom stereocenters. The summed E-state index contributed by atoms with van der Waals surface area (Å²) < 4.78 is 3.75. The molecule has 0 fully saturated rings. The second kappa shape index (κ2) is 15.7. The van der Waals surface area contributed by atoms with Gasteiger partial charge in [-0.1, -0.05) is 0 Å². The van der Waals surface area contributed by atoms with Gasteiger partial charge in [-0.3, -0.25) is 0 Å². The Morgan fingerprint density at radius 2 is 0.970 bits per heavy atom. The molecule has 177 valence electrons. The van der Waals surface area contributed by atoms with Crippen LogP contribution in [0.5, 0.6) is 11.5 Å². The predicted molar refractivity (Wildman–Crippen MR) is 112 cm³/mol. The molecule has 0 aliphatic rings. The number of hydrogen-bond donors (Lipinski definition) is 2. The van der Waals surface area contributed by atoms with Crippen LogP contribution in [-0.2, 0) is 26.7 Å². The normalized spacial score (nSPS) is 8.79. The van der Waals surface area contributed by atoms with Crippen molar-refractivity contribution in [3.63, 3.8) is 0 Å². The van der Waals surface area contributed by atoms with Crippen molar-refractivity contribution in [1.82, 2.24) is 19.1 Å². The standard InChI is InChI=1S/2C9H8N2O.2C2H4O2.Cu/c2*12-9-3-1-8(2-4-9)11-6-5-10-7-11;2*1-2(3)4;/h2*1-7,12H;2*1H3,(H,3,4);/q;;;;+2/p-2. The van der Waals surface area contributed by atoms with Crippen LogP contribution in [0.25, 0.3) is 11.4 Å². The van der Waals surface area contributed by atoms with Crippen molar-refractivity contribution in [2.24, 2.45) is 0 Å². The molecule has 2 heterocycles. The van der Waals surface area contributed by atoms with Gasteiger partial charge in [0.05, 0.1) is 12.7 Å². The molecule has 4 aromatic rings. The summed E-state index contributed by atoms with van der Waals surface area (Å²) in [7, 11) is 0. The second-order valence-corrected chi connectivity index (χ2v) is 5.96. The Morgan fingerprint density at radius 3 is 1.18 bits per heavy atom. The Balaban J connectivity index is 0.000000462. The van der Waals surface area contributed by atoms with Crippen molar-refractivity contribution in [3.05, 3.63) is 86.0 Å².